The fourth-order valence-corrected chi connectivity index (χ4v) is 3.12. The van der Waals surface area contributed by atoms with Gasteiger partial charge in [-0.2, -0.15) is 0 Å². The molecular formula is C13H16N4. The molecule has 88 valence electrons. The van der Waals surface area contributed by atoms with Gasteiger partial charge in [0.15, 0.2) is 0 Å². The Bertz CT molecular complexity index is 502. The van der Waals surface area contributed by atoms with Gasteiger partial charge < -0.3 is 15.2 Å². The molecule has 2 atom stereocenters. The molecule has 1 aromatic heterocycles. The Labute approximate surface area is 100 Å². The lowest BCUT2D eigenvalue weighted by molar-refractivity contribution is 0.533. The maximum Gasteiger partial charge on any atom is 0.203 e. The number of imidazole rings is 1. The van der Waals surface area contributed by atoms with Gasteiger partial charge in [0, 0.05) is 26.2 Å². The molecule has 4 heteroatoms. The Kier molecular flexibility index (Phi) is 1.93. The molecule has 1 aromatic carbocycles. The molecule has 0 saturated carbocycles. The van der Waals surface area contributed by atoms with E-state index in [9.17, 15) is 0 Å². The molecular weight excluding hydrogens is 212 g/mol. The van der Waals surface area contributed by atoms with Crippen molar-refractivity contribution in [1.82, 2.24) is 15.3 Å². The zero-order chi connectivity index (χ0) is 11.2. The van der Waals surface area contributed by atoms with Crippen LogP contribution in [-0.2, 0) is 0 Å². The Balaban J connectivity index is 1.66. The number of benzene rings is 1. The number of nitrogens with zero attached hydrogens (tertiary/aromatic N) is 2. The first kappa shape index (κ1) is 9.48. The zero-order valence-corrected chi connectivity index (χ0v) is 9.69. The molecule has 0 aliphatic carbocycles. The SMILES string of the molecule is c1ccc2[nH]c(N3C[C@H]4CNC[C@H]4C3)nc2c1. The number of rotatable bonds is 1. The minimum absolute atomic E-state index is 0.809. The number of hydrogen-bond donors (Lipinski definition) is 2. The number of aromatic amines is 1. The fourth-order valence-electron chi connectivity index (χ4n) is 3.12. The smallest absolute Gasteiger partial charge is 0.203 e. The van der Waals surface area contributed by atoms with E-state index in [1.54, 1.807) is 0 Å². The van der Waals surface area contributed by atoms with Crippen LogP contribution in [0.3, 0.4) is 0 Å². The van der Waals surface area contributed by atoms with Crippen LogP contribution in [0, 0.1) is 11.8 Å². The monoisotopic (exact) mass is 228 g/mol. The van der Waals surface area contributed by atoms with Crippen molar-refractivity contribution in [2.24, 2.45) is 11.8 Å². The van der Waals surface area contributed by atoms with Crippen LogP contribution in [0.2, 0.25) is 0 Å². The van der Waals surface area contributed by atoms with E-state index in [-0.39, 0.29) is 0 Å². The Morgan fingerprint density at radius 2 is 1.88 bits per heavy atom. The quantitative estimate of drug-likeness (QED) is 0.771. The number of hydrogen-bond acceptors (Lipinski definition) is 3. The van der Waals surface area contributed by atoms with Gasteiger partial charge in [0.1, 0.15) is 0 Å². The summed E-state index contributed by atoms with van der Waals surface area (Å²) in [5.41, 5.74) is 2.20. The minimum Gasteiger partial charge on any atom is -0.342 e. The molecule has 0 amide bonds. The van der Waals surface area contributed by atoms with Gasteiger partial charge in [-0.25, -0.2) is 4.98 Å². The first-order chi connectivity index (χ1) is 8.40. The number of H-pyrrole nitrogens is 1. The van der Waals surface area contributed by atoms with E-state index in [2.05, 4.69) is 32.3 Å². The number of aromatic nitrogens is 2. The van der Waals surface area contributed by atoms with Gasteiger partial charge in [-0.1, -0.05) is 12.1 Å². The lowest BCUT2D eigenvalue weighted by Crippen LogP contribution is -2.26. The van der Waals surface area contributed by atoms with Gasteiger partial charge in [0.05, 0.1) is 11.0 Å². The summed E-state index contributed by atoms with van der Waals surface area (Å²) >= 11 is 0. The molecule has 2 saturated heterocycles. The third-order valence-corrected chi connectivity index (χ3v) is 4.07. The third kappa shape index (κ3) is 1.44. The van der Waals surface area contributed by atoms with Crippen molar-refractivity contribution in [3.63, 3.8) is 0 Å². The van der Waals surface area contributed by atoms with Crippen LogP contribution in [0.5, 0.6) is 0 Å². The molecule has 0 unspecified atom stereocenters. The molecule has 4 nitrogen and oxygen atoms in total. The Morgan fingerprint density at radius 3 is 2.65 bits per heavy atom. The average Bonchev–Trinajstić information content (AvgIpc) is 3.01. The summed E-state index contributed by atoms with van der Waals surface area (Å²) in [4.78, 5) is 10.5. The fraction of sp³-hybridized carbons (Fsp3) is 0.462. The van der Waals surface area contributed by atoms with E-state index in [4.69, 9.17) is 0 Å². The van der Waals surface area contributed by atoms with Crippen molar-refractivity contribution in [3.05, 3.63) is 24.3 Å². The topological polar surface area (TPSA) is 44.0 Å². The number of para-hydroxylation sites is 2. The molecule has 0 spiro atoms. The van der Waals surface area contributed by atoms with E-state index >= 15 is 0 Å². The van der Waals surface area contributed by atoms with Crippen LogP contribution in [-0.4, -0.2) is 36.1 Å². The number of fused-ring (bicyclic) bond motifs is 2. The van der Waals surface area contributed by atoms with Gasteiger partial charge in [0.2, 0.25) is 5.95 Å². The normalized spacial score (nSPS) is 27.9. The summed E-state index contributed by atoms with van der Waals surface area (Å²) in [6.45, 7) is 4.61. The second-order valence-corrected chi connectivity index (χ2v) is 5.16. The second kappa shape index (κ2) is 3.47. The molecule has 2 aliphatic rings. The van der Waals surface area contributed by atoms with Crippen LogP contribution in [0.25, 0.3) is 11.0 Å². The second-order valence-electron chi connectivity index (χ2n) is 5.16. The maximum absolute atomic E-state index is 4.67. The minimum atomic E-state index is 0.809. The van der Waals surface area contributed by atoms with Crippen LogP contribution in [0.15, 0.2) is 24.3 Å². The summed E-state index contributed by atoms with van der Waals surface area (Å²) in [5.74, 6) is 2.66. The van der Waals surface area contributed by atoms with E-state index in [1.165, 1.54) is 13.1 Å². The molecule has 0 bridgehead atoms. The molecule has 3 heterocycles. The van der Waals surface area contributed by atoms with Gasteiger partial charge in [-0.3, -0.25) is 0 Å². The highest BCUT2D eigenvalue weighted by molar-refractivity contribution is 5.77. The molecule has 2 fully saturated rings. The maximum atomic E-state index is 4.67. The standard InChI is InChI=1S/C13H16N4/c1-2-4-12-11(3-1)15-13(16-12)17-7-9-5-14-6-10(9)8-17/h1-4,9-10,14H,5-8H2,(H,15,16)/t9-,10+. The average molecular weight is 228 g/mol. The highest BCUT2D eigenvalue weighted by atomic mass is 15.3. The van der Waals surface area contributed by atoms with Crippen LogP contribution < -0.4 is 10.2 Å². The lowest BCUT2D eigenvalue weighted by atomic mass is 10.0. The molecule has 17 heavy (non-hydrogen) atoms. The van der Waals surface area contributed by atoms with Gasteiger partial charge in [-0.05, 0) is 24.0 Å². The summed E-state index contributed by atoms with van der Waals surface area (Å²) in [5, 5.41) is 3.47. The van der Waals surface area contributed by atoms with E-state index in [0.29, 0.717) is 0 Å². The summed E-state index contributed by atoms with van der Waals surface area (Å²) in [6, 6.07) is 8.24. The third-order valence-electron chi connectivity index (χ3n) is 4.07. The Morgan fingerprint density at radius 1 is 1.12 bits per heavy atom. The summed E-state index contributed by atoms with van der Waals surface area (Å²) in [7, 11) is 0. The lowest BCUT2D eigenvalue weighted by Gasteiger charge is -2.15. The van der Waals surface area contributed by atoms with Gasteiger partial charge in [0.25, 0.3) is 0 Å². The van der Waals surface area contributed by atoms with E-state index < -0.39 is 0 Å². The highest BCUT2D eigenvalue weighted by Crippen LogP contribution is 2.29. The largest absolute Gasteiger partial charge is 0.342 e. The predicted octanol–water partition coefficient (Wildman–Crippen LogP) is 1.22. The first-order valence-electron chi connectivity index (χ1n) is 6.30. The van der Waals surface area contributed by atoms with Gasteiger partial charge in [-0.15, -0.1) is 0 Å². The number of nitrogens with one attached hydrogen (secondary N) is 2. The van der Waals surface area contributed by atoms with Crippen LogP contribution in [0.1, 0.15) is 0 Å². The van der Waals surface area contributed by atoms with E-state index in [0.717, 1.165) is 41.9 Å². The van der Waals surface area contributed by atoms with Crippen molar-refractivity contribution >= 4 is 17.0 Å². The van der Waals surface area contributed by atoms with Crippen molar-refractivity contribution < 1.29 is 0 Å². The van der Waals surface area contributed by atoms with Crippen molar-refractivity contribution in [2.45, 2.75) is 0 Å². The van der Waals surface area contributed by atoms with Crippen LogP contribution >= 0.6 is 0 Å². The van der Waals surface area contributed by atoms with Crippen molar-refractivity contribution in [3.8, 4) is 0 Å². The van der Waals surface area contributed by atoms with Crippen molar-refractivity contribution in [2.75, 3.05) is 31.1 Å². The predicted molar refractivity (Wildman–Crippen MR) is 68.2 cm³/mol. The molecule has 4 rings (SSSR count). The van der Waals surface area contributed by atoms with E-state index in [1.807, 2.05) is 12.1 Å². The molecule has 2 aromatic rings. The zero-order valence-electron chi connectivity index (χ0n) is 9.69. The first-order valence-corrected chi connectivity index (χ1v) is 6.30. The van der Waals surface area contributed by atoms with Crippen molar-refractivity contribution in [1.29, 1.82) is 0 Å². The Hall–Kier alpha value is -1.55. The number of anilines is 1. The molecule has 2 aliphatic heterocycles. The molecule has 2 N–H and O–H groups in total. The van der Waals surface area contributed by atoms with Gasteiger partial charge >= 0.3 is 0 Å². The summed E-state index contributed by atoms with van der Waals surface area (Å²) < 4.78 is 0. The highest BCUT2D eigenvalue weighted by Gasteiger charge is 2.36. The summed E-state index contributed by atoms with van der Waals surface area (Å²) in [6.07, 6.45) is 0. The molecule has 0 radical (unpaired) electrons. The van der Waals surface area contributed by atoms with Crippen LogP contribution in [0.4, 0.5) is 5.95 Å².